The molecular weight excluding hydrogens is 440 g/mol. The van der Waals surface area contributed by atoms with Crippen molar-refractivity contribution in [3.8, 4) is 0 Å². The number of aromatic nitrogens is 2. The van der Waals surface area contributed by atoms with E-state index in [4.69, 9.17) is 4.74 Å². The number of esters is 1. The Balaban J connectivity index is 1.34. The van der Waals surface area contributed by atoms with Crippen LogP contribution in [0.25, 0.3) is 0 Å². The molecule has 1 aliphatic carbocycles. The van der Waals surface area contributed by atoms with E-state index in [2.05, 4.69) is 38.0 Å². The van der Waals surface area contributed by atoms with Gasteiger partial charge in [-0.15, -0.1) is 11.3 Å². The van der Waals surface area contributed by atoms with Gasteiger partial charge in [-0.05, 0) is 29.7 Å². The number of carbonyl (C=O) groups excluding carboxylic acids is 3. The molecule has 3 heterocycles. The van der Waals surface area contributed by atoms with Crippen LogP contribution in [0.3, 0.4) is 0 Å². The smallest absolute Gasteiger partial charge is 0.354 e. The van der Waals surface area contributed by atoms with Crippen molar-refractivity contribution in [2.75, 3.05) is 25.5 Å². The highest BCUT2D eigenvalue weighted by Gasteiger charge is 2.68. The molecule has 1 N–H and O–H groups in total. The van der Waals surface area contributed by atoms with Crippen molar-refractivity contribution in [2.24, 2.45) is 23.8 Å². The summed E-state index contributed by atoms with van der Waals surface area (Å²) in [5, 5.41) is 5.49. The third kappa shape index (κ3) is 4.07. The molecule has 1 aliphatic heterocycles. The minimum Gasteiger partial charge on any atom is -0.464 e. The van der Waals surface area contributed by atoms with Gasteiger partial charge in [-0.25, -0.2) is 9.78 Å². The SMILES string of the molecule is COC(=O)c1cc(NC(=O)c2csc(C3CCN(C(=O)C4C(C)(C)C4(C)C)CC3)n2)cn1C. The van der Waals surface area contributed by atoms with Gasteiger partial charge in [0.15, 0.2) is 0 Å². The third-order valence-electron chi connectivity index (χ3n) is 7.84. The van der Waals surface area contributed by atoms with Crippen LogP contribution in [-0.4, -0.2) is 52.4 Å². The van der Waals surface area contributed by atoms with Crippen molar-refractivity contribution in [3.05, 3.63) is 34.0 Å². The summed E-state index contributed by atoms with van der Waals surface area (Å²) in [6.45, 7) is 10.2. The number of thiazole rings is 1. The summed E-state index contributed by atoms with van der Waals surface area (Å²) in [5.74, 6) is -0.160. The van der Waals surface area contributed by atoms with Crippen molar-refractivity contribution in [3.63, 3.8) is 0 Å². The van der Waals surface area contributed by atoms with Crippen molar-refractivity contribution >= 4 is 34.8 Å². The van der Waals surface area contributed by atoms with Gasteiger partial charge in [0.05, 0.1) is 17.8 Å². The molecule has 0 bridgehead atoms. The average molecular weight is 473 g/mol. The number of piperidine rings is 1. The van der Waals surface area contributed by atoms with Crippen LogP contribution in [0, 0.1) is 16.7 Å². The number of nitrogens with one attached hydrogen (secondary N) is 1. The molecule has 9 heteroatoms. The monoisotopic (exact) mass is 472 g/mol. The summed E-state index contributed by atoms with van der Waals surface area (Å²) in [6, 6.07) is 1.58. The number of hydrogen-bond acceptors (Lipinski definition) is 6. The van der Waals surface area contributed by atoms with E-state index in [0.29, 0.717) is 17.1 Å². The second-order valence-corrected chi connectivity index (χ2v) is 11.1. The Kier molecular flexibility index (Phi) is 5.88. The van der Waals surface area contributed by atoms with Crippen molar-refractivity contribution in [1.82, 2.24) is 14.5 Å². The fraction of sp³-hybridized carbons (Fsp3) is 0.583. The third-order valence-corrected chi connectivity index (χ3v) is 8.84. The number of rotatable bonds is 5. The van der Waals surface area contributed by atoms with Crippen molar-refractivity contribution < 1.29 is 19.1 Å². The fourth-order valence-electron chi connectivity index (χ4n) is 5.06. The lowest BCUT2D eigenvalue weighted by Crippen LogP contribution is -2.39. The highest BCUT2D eigenvalue weighted by Crippen LogP contribution is 2.68. The zero-order chi connectivity index (χ0) is 24.1. The average Bonchev–Trinajstić information content (AvgIpc) is 3.22. The fourth-order valence-corrected chi connectivity index (χ4v) is 6.03. The molecule has 1 saturated carbocycles. The molecule has 0 atom stereocenters. The van der Waals surface area contributed by atoms with Crippen LogP contribution in [0.4, 0.5) is 5.69 Å². The van der Waals surface area contributed by atoms with Crippen molar-refractivity contribution in [1.29, 1.82) is 0 Å². The molecule has 8 nitrogen and oxygen atoms in total. The highest BCUT2D eigenvalue weighted by molar-refractivity contribution is 7.10. The predicted octanol–water partition coefficient (Wildman–Crippen LogP) is 3.91. The van der Waals surface area contributed by atoms with Gasteiger partial charge in [-0.2, -0.15) is 0 Å². The second-order valence-electron chi connectivity index (χ2n) is 10.2. The Morgan fingerprint density at radius 2 is 1.79 bits per heavy atom. The topological polar surface area (TPSA) is 93.5 Å². The summed E-state index contributed by atoms with van der Waals surface area (Å²) < 4.78 is 6.35. The first kappa shape index (κ1) is 23.5. The number of ether oxygens (including phenoxy) is 1. The molecule has 178 valence electrons. The van der Waals surface area contributed by atoms with Gasteiger partial charge in [0, 0.05) is 43.5 Å². The van der Waals surface area contributed by atoms with E-state index >= 15 is 0 Å². The number of hydrogen-bond donors (Lipinski definition) is 1. The summed E-state index contributed by atoms with van der Waals surface area (Å²) in [6.07, 6.45) is 3.37. The van der Waals surface area contributed by atoms with Gasteiger partial charge in [0.25, 0.3) is 5.91 Å². The number of likely N-dealkylation sites (tertiary alicyclic amines) is 1. The molecule has 33 heavy (non-hydrogen) atoms. The number of anilines is 1. The number of methoxy groups -OCH3 is 1. The Labute approximate surface area is 198 Å². The zero-order valence-corrected chi connectivity index (χ0v) is 20.9. The number of aryl methyl sites for hydroxylation is 1. The van der Waals surface area contributed by atoms with Gasteiger partial charge >= 0.3 is 5.97 Å². The molecule has 0 radical (unpaired) electrons. The molecule has 4 rings (SSSR count). The van der Waals surface area contributed by atoms with Gasteiger partial charge < -0.3 is 19.5 Å². The van der Waals surface area contributed by atoms with Crippen molar-refractivity contribution in [2.45, 2.75) is 46.5 Å². The van der Waals surface area contributed by atoms with Gasteiger partial charge in [-0.3, -0.25) is 9.59 Å². The summed E-state index contributed by atoms with van der Waals surface area (Å²) in [7, 11) is 3.03. The normalized spacial score (nSPS) is 19.9. The van der Waals surface area contributed by atoms with Crippen LogP contribution in [0.5, 0.6) is 0 Å². The molecule has 1 saturated heterocycles. The Hall–Kier alpha value is -2.68. The molecular formula is C24H32N4O4S. The Morgan fingerprint density at radius 1 is 1.15 bits per heavy atom. The first-order chi connectivity index (χ1) is 15.5. The van der Waals surface area contributed by atoms with Crippen LogP contribution in [0.15, 0.2) is 17.6 Å². The van der Waals surface area contributed by atoms with Gasteiger partial charge in [-0.1, -0.05) is 27.7 Å². The Morgan fingerprint density at radius 3 is 2.36 bits per heavy atom. The van der Waals surface area contributed by atoms with Crippen LogP contribution in [-0.2, 0) is 16.6 Å². The summed E-state index contributed by atoms with van der Waals surface area (Å²) in [4.78, 5) is 44.0. The molecule has 2 aromatic heterocycles. The molecule has 2 aromatic rings. The maximum atomic E-state index is 13.0. The molecule has 0 aromatic carbocycles. The minimum absolute atomic E-state index is 0.0505. The number of amides is 2. The largest absolute Gasteiger partial charge is 0.464 e. The lowest BCUT2D eigenvalue weighted by atomic mass is 9.96. The standard InChI is InChI=1S/C24H32N4O4S/c1-23(2)18(24(23,3)4)21(30)28-9-7-14(8-10-28)20-26-16(13-33-20)19(29)25-15-11-17(22(31)32-6)27(5)12-15/h11-14,18H,7-10H2,1-6H3,(H,25,29). The number of nitrogens with zero attached hydrogens (tertiary/aromatic N) is 3. The quantitative estimate of drug-likeness (QED) is 0.666. The lowest BCUT2D eigenvalue weighted by Gasteiger charge is -2.31. The zero-order valence-electron chi connectivity index (χ0n) is 20.1. The van der Waals surface area contributed by atoms with E-state index in [0.717, 1.165) is 30.9 Å². The molecule has 0 spiro atoms. The van der Waals surface area contributed by atoms with E-state index in [9.17, 15) is 14.4 Å². The molecule has 2 fully saturated rings. The number of carbonyl (C=O) groups is 3. The van der Waals surface area contributed by atoms with E-state index in [1.54, 1.807) is 29.3 Å². The van der Waals surface area contributed by atoms with E-state index in [-0.39, 0.29) is 34.5 Å². The van der Waals surface area contributed by atoms with Gasteiger partial charge in [0.2, 0.25) is 5.91 Å². The maximum absolute atomic E-state index is 13.0. The van der Waals surface area contributed by atoms with Gasteiger partial charge in [0.1, 0.15) is 11.4 Å². The van der Waals surface area contributed by atoms with E-state index in [1.165, 1.54) is 18.4 Å². The van der Waals surface area contributed by atoms with Crippen LogP contribution in [0.2, 0.25) is 0 Å². The van der Waals surface area contributed by atoms with E-state index < -0.39 is 5.97 Å². The highest BCUT2D eigenvalue weighted by atomic mass is 32.1. The second kappa shape index (κ2) is 8.27. The maximum Gasteiger partial charge on any atom is 0.354 e. The molecule has 2 amide bonds. The minimum atomic E-state index is -0.465. The van der Waals surface area contributed by atoms with Crippen LogP contribution in [0.1, 0.15) is 72.4 Å². The summed E-state index contributed by atoms with van der Waals surface area (Å²) in [5.41, 5.74) is 1.32. The lowest BCUT2D eigenvalue weighted by molar-refractivity contribution is -0.134. The Bertz CT molecular complexity index is 1080. The van der Waals surface area contributed by atoms with Crippen LogP contribution >= 0.6 is 11.3 Å². The summed E-state index contributed by atoms with van der Waals surface area (Å²) >= 11 is 1.48. The molecule has 2 aliphatic rings. The van der Waals surface area contributed by atoms with E-state index in [1.807, 2.05) is 4.90 Å². The molecule has 0 unspecified atom stereocenters. The first-order valence-corrected chi connectivity index (χ1v) is 12.2. The van der Waals surface area contributed by atoms with Crippen LogP contribution < -0.4 is 5.32 Å². The predicted molar refractivity (Wildman–Crippen MR) is 126 cm³/mol. The first-order valence-electron chi connectivity index (χ1n) is 11.3.